The first kappa shape index (κ1) is 18.4. The van der Waals surface area contributed by atoms with Crippen LogP contribution in [-0.4, -0.2) is 23.5 Å². The van der Waals surface area contributed by atoms with Crippen molar-refractivity contribution >= 4 is 0 Å². The van der Waals surface area contributed by atoms with Gasteiger partial charge in [0.05, 0.1) is 17.3 Å². The molecule has 136 valence electrons. The van der Waals surface area contributed by atoms with Gasteiger partial charge in [-0.3, -0.25) is 4.90 Å². The van der Waals surface area contributed by atoms with Crippen molar-refractivity contribution in [2.45, 2.75) is 25.4 Å². The highest BCUT2D eigenvalue weighted by Gasteiger charge is 2.44. The Balaban J connectivity index is 1.77. The minimum Gasteiger partial charge on any atom is -0.466 e. The van der Waals surface area contributed by atoms with Gasteiger partial charge in [0.1, 0.15) is 5.76 Å². The van der Waals surface area contributed by atoms with Crippen molar-refractivity contribution in [3.63, 3.8) is 0 Å². The summed E-state index contributed by atoms with van der Waals surface area (Å²) in [5.41, 5.74) is 8.58. The first-order chi connectivity index (χ1) is 12.4. The molecule has 1 atom stereocenters. The van der Waals surface area contributed by atoms with Gasteiger partial charge in [0, 0.05) is 19.0 Å². The lowest BCUT2D eigenvalue weighted by atomic mass is 9.77. The van der Waals surface area contributed by atoms with Crippen LogP contribution in [0.2, 0.25) is 0 Å². The zero-order chi connectivity index (χ0) is 18.7. The van der Waals surface area contributed by atoms with Crippen LogP contribution >= 0.6 is 0 Å². The summed E-state index contributed by atoms with van der Waals surface area (Å²) in [6.07, 6.45) is 0. The van der Waals surface area contributed by atoms with Crippen molar-refractivity contribution in [3.05, 3.63) is 96.5 Å². The summed E-state index contributed by atoms with van der Waals surface area (Å²) in [5, 5.41) is 0. The highest BCUT2D eigenvalue weighted by Crippen LogP contribution is 2.39. The molecule has 0 saturated carbocycles. The van der Waals surface area contributed by atoms with Gasteiger partial charge in [-0.1, -0.05) is 73.8 Å². The molecule has 3 nitrogen and oxygen atoms in total. The maximum Gasteiger partial charge on any atom is 0.116 e. The molecule has 1 heterocycles. The van der Waals surface area contributed by atoms with Crippen LogP contribution in [-0.2, 0) is 4.74 Å². The highest BCUT2D eigenvalue weighted by atomic mass is 16.5. The molecule has 2 N–H and O–H groups in total. The minimum absolute atomic E-state index is 0.236. The van der Waals surface area contributed by atoms with E-state index in [9.17, 15) is 0 Å². The number of ether oxygens (including phenoxy) is 1. The first-order valence-electron chi connectivity index (χ1n) is 9.05. The number of likely N-dealkylation sites (tertiary alicyclic amines) is 1. The van der Waals surface area contributed by atoms with Crippen LogP contribution in [0.1, 0.15) is 31.0 Å². The van der Waals surface area contributed by atoms with Gasteiger partial charge in [0.25, 0.3) is 0 Å². The molecule has 0 radical (unpaired) electrons. The summed E-state index contributed by atoms with van der Waals surface area (Å²) in [5.74, 6) is 1.50. The molecule has 1 saturated heterocycles. The van der Waals surface area contributed by atoms with Crippen LogP contribution in [0, 0.1) is 5.92 Å². The van der Waals surface area contributed by atoms with Gasteiger partial charge in [-0.25, -0.2) is 0 Å². The Labute approximate surface area is 156 Å². The van der Waals surface area contributed by atoms with Crippen LogP contribution < -0.4 is 5.73 Å². The van der Waals surface area contributed by atoms with E-state index >= 15 is 0 Å². The molecular weight excluding hydrogens is 320 g/mol. The van der Waals surface area contributed by atoms with E-state index in [1.807, 2.05) is 13.8 Å². The smallest absolute Gasteiger partial charge is 0.116 e. The molecule has 2 aromatic rings. The third kappa shape index (κ3) is 3.74. The van der Waals surface area contributed by atoms with Gasteiger partial charge in [0.2, 0.25) is 0 Å². The highest BCUT2D eigenvalue weighted by molar-refractivity contribution is 5.33. The molecule has 0 bridgehead atoms. The van der Waals surface area contributed by atoms with E-state index in [0.29, 0.717) is 17.4 Å². The van der Waals surface area contributed by atoms with E-state index in [0.717, 1.165) is 13.1 Å². The number of benzene rings is 2. The van der Waals surface area contributed by atoms with Gasteiger partial charge in [-0.15, -0.1) is 0 Å². The van der Waals surface area contributed by atoms with E-state index in [1.165, 1.54) is 11.1 Å². The minimum atomic E-state index is -0.576. The molecular formula is C23H28N2O. The zero-order valence-electron chi connectivity index (χ0n) is 15.7. The lowest BCUT2D eigenvalue weighted by Crippen LogP contribution is -2.62. The number of allylic oxidation sites excluding steroid dienone is 1. The van der Waals surface area contributed by atoms with Crippen LogP contribution in [0.25, 0.3) is 0 Å². The van der Waals surface area contributed by atoms with Gasteiger partial charge in [-0.05, 0) is 25.0 Å². The van der Waals surface area contributed by atoms with Crippen molar-refractivity contribution in [3.8, 4) is 0 Å². The van der Waals surface area contributed by atoms with E-state index in [4.69, 9.17) is 10.5 Å². The fraction of sp³-hybridized carbons (Fsp3) is 0.304. The molecule has 3 rings (SSSR count). The lowest BCUT2D eigenvalue weighted by molar-refractivity contribution is 0.0200. The third-order valence-corrected chi connectivity index (χ3v) is 5.25. The largest absolute Gasteiger partial charge is 0.466 e. The molecule has 1 unspecified atom stereocenters. The third-order valence-electron chi connectivity index (χ3n) is 5.25. The van der Waals surface area contributed by atoms with E-state index in [1.54, 1.807) is 0 Å². The maximum absolute atomic E-state index is 6.56. The molecule has 2 aromatic carbocycles. The van der Waals surface area contributed by atoms with E-state index in [-0.39, 0.29) is 6.04 Å². The fourth-order valence-corrected chi connectivity index (χ4v) is 3.54. The Morgan fingerprint density at radius 2 is 1.50 bits per heavy atom. The van der Waals surface area contributed by atoms with Gasteiger partial charge >= 0.3 is 0 Å². The molecule has 1 aliphatic rings. The number of nitrogens with two attached hydrogens (primary N) is 1. The average molecular weight is 348 g/mol. The SMILES string of the molecule is C=C(C)OC(=C)C(C)(N)C1CN(C(c2ccccc2)c2ccccc2)C1. The molecule has 3 heteroatoms. The molecule has 26 heavy (non-hydrogen) atoms. The summed E-state index contributed by atoms with van der Waals surface area (Å²) < 4.78 is 5.60. The number of nitrogens with zero attached hydrogens (tertiary/aromatic N) is 1. The molecule has 1 fully saturated rings. The summed E-state index contributed by atoms with van der Waals surface area (Å²) >= 11 is 0. The Morgan fingerprint density at radius 3 is 1.92 bits per heavy atom. The normalized spacial score (nSPS) is 17.4. The first-order valence-corrected chi connectivity index (χ1v) is 9.05. The molecule has 0 aromatic heterocycles. The van der Waals surface area contributed by atoms with Crippen molar-refractivity contribution in [2.24, 2.45) is 11.7 Å². The Bertz CT molecular complexity index is 722. The Kier molecular flexibility index (Phi) is 5.30. The molecule has 0 amide bonds. The topological polar surface area (TPSA) is 38.5 Å². The van der Waals surface area contributed by atoms with E-state index < -0.39 is 5.54 Å². The van der Waals surface area contributed by atoms with Gasteiger partial charge < -0.3 is 10.5 Å². The van der Waals surface area contributed by atoms with Gasteiger partial charge in [0.15, 0.2) is 0 Å². The van der Waals surface area contributed by atoms with Crippen molar-refractivity contribution < 1.29 is 4.74 Å². The Morgan fingerprint density at radius 1 is 1.04 bits per heavy atom. The van der Waals surface area contributed by atoms with Crippen molar-refractivity contribution in [1.82, 2.24) is 4.90 Å². The quantitative estimate of drug-likeness (QED) is 0.749. The zero-order valence-corrected chi connectivity index (χ0v) is 15.7. The second kappa shape index (κ2) is 7.48. The van der Waals surface area contributed by atoms with Gasteiger partial charge in [-0.2, -0.15) is 0 Å². The van der Waals surface area contributed by atoms with Crippen LogP contribution in [0.15, 0.2) is 85.3 Å². The van der Waals surface area contributed by atoms with Crippen molar-refractivity contribution in [1.29, 1.82) is 0 Å². The molecule has 0 aliphatic carbocycles. The standard InChI is InChI=1S/C23H28N2O/c1-17(2)26-18(3)23(4,24)21-15-25(16-21)22(19-11-7-5-8-12-19)20-13-9-6-10-14-20/h5-14,21-22H,1,3,15-16,24H2,2,4H3. The summed E-state index contributed by atoms with van der Waals surface area (Å²) in [4.78, 5) is 2.47. The summed E-state index contributed by atoms with van der Waals surface area (Å²) in [7, 11) is 0. The average Bonchev–Trinajstić information content (AvgIpc) is 2.58. The summed E-state index contributed by atoms with van der Waals surface area (Å²) in [6.45, 7) is 13.4. The van der Waals surface area contributed by atoms with Crippen LogP contribution in [0.4, 0.5) is 0 Å². The fourth-order valence-electron chi connectivity index (χ4n) is 3.54. The molecule has 0 spiro atoms. The second-order valence-corrected chi connectivity index (χ2v) is 7.38. The van der Waals surface area contributed by atoms with Crippen molar-refractivity contribution in [2.75, 3.05) is 13.1 Å². The summed E-state index contributed by atoms with van der Waals surface area (Å²) in [6, 6.07) is 21.5. The predicted molar refractivity (Wildman–Crippen MR) is 107 cm³/mol. The monoisotopic (exact) mass is 348 g/mol. The lowest BCUT2D eigenvalue weighted by Gasteiger charge is -2.50. The number of rotatable bonds is 7. The predicted octanol–water partition coefficient (Wildman–Crippen LogP) is 4.49. The number of hydrogen-bond donors (Lipinski definition) is 1. The molecule has 1 aliphatic heterocycles. The Hall–Kier alpha value is -2.36. The maximum atomic E-state index is 6.56. The van der Waals surface area contributed by atoms with Crippen LogP contribution in [0.5, 0.6) is 0 Å². The van der Waals surface area contributed by atoms with E-state index in [2.05, 4.69) is 78.7 Å². The number of hydrogen-bond acceptors (Lipinski definition) is 3. The van der Waals surface area contributed by atoms with Crippen LogP contribution in [0.3, 0.4) is 0 Å². The second-order valence-electron chi connectivity index (χ2n) is 7.38.